The van der Waals surface area contributed by atoms with Crippen LogP contribution in [0.5, 0.6) is 0 Å². The summed E-state index contributed by atoms with van der Waals surface area (Å²) in [6, 6.07) is 0. The molecule has 7 rings (SSSR count). The zero-order valence-electron chi connectivity index (χ0n) is 48.3. The lowest BCUT2D eigenvalue weighted by Gasteiger charge is -2.12. The lowest BCUT2D eigenvalue weighted by atomic mass is 9.96. The van der Waals surface area contributed by atoms with E-state index in [2.05, 4.69) is 84.5 Å². The minimum atomic E-state index is -0.757. The molecule has 0 saturated carbocycles. The van der Waals surface area contributed by atoms with Crippen molar-refractivity contribution in [2.75, 3.05) is 0 Å². The van der Waals surface area contributed by atoms with Crippen molar-refractivity contribution in [3.05, 3.63) is 101 Å². The van der Waals surface area contributed by atoms with E-state index < -0.39 is 28.6 Å². The third kappa shape index (κ3) is 28.4. The Kier molecular flexibility index (Phi) is 25.6. The molecule has 0 spiro atoms. The molecule has 7 aromatic heterocycles. The normalized spacial score (nSPS) is 11.8. The smallest absolute Gasteiger partial charge is 0.438 e. The second-order valence-electron chi connectivity index (χ2n) is 24.6. The summed E-state index contributed by atoms with van der Waals surface area (Å²) in [5.41, 5.74) is -1.84. The number of carboxylic acids is 1. The highest BCUT2D eigenvalue weighted by atomic mass is 32.1. The Hall–Kier alpha value is -6.56. The van der Waals surface area contributed by atoms with Crippen molar-refractivity contribution in [3.8, 4) is 0 Å². The van der Waals surface area contributed by atoms with Gasteiger partial charge in [-0.15, -0.1) is 15.3 Å². The molecule has 0 unspecified atom stereocenters. The molecule has 0 atom stereocenters. The number of aromatic amines is 7. The molecule has 428 valence electrons. The maximum atomic E-state index is 10.6. The van der Waals surface area contributed by atoms with E-state index in [0.717, 1.165) is 33.2 Å². The number of aromatic nitrogens is 16. The van der Waals surface area contributed by atoms with Gasteiger partial charge in [0.15, 0.2) is 11.6 Å². The van der Waals surface area contributed by atoms with Crippen LogP contribution < -0.4 is 32.6 Å². The van der Waals surface area contributed by atoms with Crippen LogP contribution in [-0.4, -0.2) is 91.1 Å². The van der Waals surface area contributed by atoms with Gasteiger partial charge >= 0.3 is 38.6 Å². The number of H-pyrrole nitrogens is 7. The van der Waals surface area contributed by atoms with E-state index in [9.17, 15) is 33.6 Å². The molecule has 0 saturated heterocycles. The SMILES string of the molecule is CC(C)(C)C(=O)O.CC(C)(C)c1n[nH]c(=O)o1.CC(C)(C)c1n[nH]c(=O)s1.CC(C)(C)c1nc(=O)[nH]o1.CC(C)(C)c1nc(=O)[nH]s1.CC(C)(C)c1nn[nH]n1.CC(C)(C)c1noc(=O)[nH]1.CC(C)(C)c1nsc(=O)[nH]1. The number of hydrogen-bond acceptors (Lipinski definition) is 22. The average molecular weight is 1130 g/mol. The summed E-state index contributed by atoms with van der Waals surface area (Å²) in [6.07, 6.45) is 0. The van der Waals surface area contributed by atoms with Gasteiger partial charge in [-0.05, 0) is 32.3 Å². The largest absolute Gasteiger partial charge is 0.481 e. The van der Waals surface area contributed by atoms with E-state index in [1.165, 1.54) is 22.9 Å². The molecule has 0 aliphatic heterocycles. The van der Waals surface area contributed by atoms with Crippen LogP contribution in [0.15, 0.2) is 42.2 Å². The number of rotatable bonds is 0. The van der Waals surface area contributed by atoms with E-state index in [4.69, 9.17) is 14.0 Å². The van der Waals surface area contributed by atoms with Gasteiger partial charge in [-0.2, -0.15) is 29.8 Å². The number of carbonyl (C=O) groups is 1. The minimum absolute atomic E-state index is 0.00694. The first kappa shape index (κ1) is 69.4. The van der Waals surface area contributed by atoms with Crippen LogP contribution in [0.3, 0.4) is 0 Å². The topological polar surface area (TPSA) is 406 Å². The number of nitrogens with zero attached hydrogens (tertiary/aromatic N) is 9. The molecule has 0 aliphatic rings. The Morgan fingerprint density at radius 1 is 0.539 bits per heavy atom. The van der Waals surface area contributed by atoms with E-state index in [0.29, 0.717) is 17.6 Å². The van der Waals surface area contributed by atoms with Crippen molar-refractivity contribution in [1.82, 2.24) is 80.0 Å². The second-order valence-corrected chi connectivity index (χ2v) is 27.1. The van der Waals surface area contributed by atoms with Crippen LogP contribution in [0.1, 0.15) is 205 Å². The second kappa shape index (κ2) is 28.0. The van der Waals surface area contributed by atoms with Crippen LogP contribution in [0.25, 0.3) is 0 Å². The van der Waals surface area contributed by atoms with Gasteiger partial charge in [-0.1, -0.05) is 167 Å². The summed E-state index contributed by atoms with van der Waals surface area (Å²) >= 11 is 3.45. The maximum Gasteiger partial charge on any atom is 0.438 e. The number of nitrogens with one attached hydrogen (secondary N) is 7. The third-order valence-corrected chi connectivity index (χ3v) is 11.2. The predicted octanol–water partition coefficient (Wildman–Crippen LogP) is 6.98. The Morgan fingerprint density at radius 3 is 1.25 bits per heavy atom. The highest BCUT2D eigenvalue weighted by Gasteiger charge is 2.23. The van der Waals surface area contributed by atoms with Crippen LogP contribution in [0, 0.1) is 5.41 Å². The van der Waals surface area contributed by atoms with Gasteiger partial charge < -0.3 is 14.0 Å². The van der Waals surface area contributed by atoms with Crippen LogP contribution in [-0.2, 0) is 42.7 Å². The van der Waals surface area contributed by atoms with Gasteiger partial charge in [0, 0.05) is 49.4 Å². The molecule has 30 heteroatoms. The number of tetrazole rings is 1. The Morgan fingerprint density at radius 2 is 1.07 bits per heavy atom. The van der Waals surface area contributed by atoms with Crippen molar-refractivity contribution in [1.29, 1.82) is 0 Å². The lowest BCUT2D eigenvalue weighted by Crippen LogP contribution is -2.18. The monoisotopic (exact) mass is 1130 g/mol. The third-order valence-electron chi connectivity index (χ3n) is 8.28. The minimum Gasteiger partial charge on any atom is -0.481 e. The molecule has 0 radical (unpaired) electrons. The fourth-order valence-corrected chi connectivity index (χ4v) is 5.75. The molecule has 0 bridgehead atoms. The lowest BCUT2D eigenvalue weighted by molar-refractivity contribution is -0.145. The van der Waals surface area contributed by atoms with E-state index in [1.54, 1.807) is 20.8 Å². The fraction of sp³-hybridized carbons (Fsp3) is 0.696. The predicted molar refractivity (Wildman–Crippen MR) is 292 cm³/mol. The number of hydrogen-bond donors (Lipinski definition) is 8. The maximum absolute atomic E-state index is 10.6. The Labute approximate surface area is 452 Å². The molecule has 27 nitrogen and oxygen atoms in total. The zero-order chi connectivity index (χ0) is 59.6. The Bertz CT molecular complexity index is 2650. The Balaban J connectivity index is 0.000000848. The van der Waals surface area contributed by atoms with E-state index in [-0.39, 0.29) is 53.3 Å². The molecule has 8 N–H and O–H groups in total. The summed E-state index contributed by atoms with van der Waals surface area (Å²) in [4.78, 5) is 85.6. The van der Waals surface area contributed by atoms with Gasteiger partial charge in [0.05, 0.1) is 5.41 Å². The summed E-state index contributed by atoms with van der Waals surface area (Å²) in [5, 5.41) is 41.3. The zero-order valence-corrected chi connectivity index (χ0v) is 50.7. The molecule has 0 fully saturated rings. The molecule has 0 amide bonds. The standard InChI is InChI=1S/3C6H10N2O2.3C6H10N2OS.C5H10N4.C5H10O2/c1-6(2,3)4-7-8-5(9)10-4;1-6(2,3)4-7-5(9)8-10-4;1-6(2,3)4-7-5(9)10-8-4;1-6(2,3)4-7-8-5(9)10-4;1-6(2,3)4-7-5(9)8-10-4;1-6(2,3)4-7-5(9)10-8-4;1-5(2,3)4-6-8-9-7-4;1-5(2,3)4(6)7/h2*1-3H3,(H,8,9);1-3H3,(H,7,8,9);2*1-3H3,(H,8,9);1-3H3,(H,7,8,9);1-3H3,(H,6,7,8,9);1-3H3,(H,6,7). The summed E-state index contributed by atoms with van der Waals surface area (Å²) in [7, 11) is 0. The highest BCUT2D eigenvalue weighted by Crippen LogP contribution is 2.22. The van der Waals surface area contributed by atoms with Crippen molar-refractivity contribution < 1.29 is 23.4 Å². The summed E-state index contributed by atoms with van der Waals surface area (Å²) < 4.78 is 20.3. The number of aliphatic carboxylic acids is 1. The molecule has 7 aromatic rings. The van der Waals surface area contributed by atoms with Crippen molar-refractivity contribution in [2.45, 2.75) is 204 Å². The number of carboxylic acid groups (broad SMARTS) is 1. The molecular weight excluding hydrogens is 1050 g/mol. The van der Waals surface area contributed by atoms with Gasteiger partial charge in [0.2, 0.25) is 11.8 Å². The molecular formula is C46H80N16O11S3. The van der Waals surface area contributed by atoms with Crippen molar-refractivity contribution >= 4 is 40.4 Å². The summed E-state index contributed by atoms with van der Waals surface area (Å²) in [6.45, 7) is 46.7. The van der Waals surface area contributed by atoms with E-state index in [1.807, 2.05) is 145 Å². The first-order chi connectivity index (χ1) is 34.0. The molecule has 0 aliphatic carbocycles. The van der Waals surface area contributed by atoms with Gasteiger partial charge in [-0.3, -0.25) is 33.2 Å². The van der Waals surface area contributed by atoms with Crippen molar-refractivity contribution in [3.63, 3.8) is 0 Å². The van der Waals surface area contributed by atoms with Gasteiger partial charge in [0.25, 0.3) is 0 Å². The average Bonchev–Trinajstić information content (AvgIpc) is 4.07. The van der Waals surface area contributed by atoms with Crippen LogP contribution in [0.4, 0.5) is 0 Å². The van der Waals surface area contributed by atoms with Crippen LogP contribution >= 0.6 is 34.4 Å². The first-order valence-electron chi connectivity index (χ1n) is 23.4. The highest BCUT2D eigenvalue weighted by molar-refractivity contribution is 7.09. The molecule has 0 aromatic carbocycles. The van der Waals surface area contributed by atoms with Gasteiger partial charge in [0.1, 0.15) is 15.8 Å². The van der Waals surface area contributed by atoms with E-state index >= 15 is 0 Å². The fourth-order valence-electron chi connectivity index (χ4n) is 3.79. The molecule has 7 heterocycles. The van der Waals surface area contributed by atoms with Crippen molar-refractivity contribution in [2.24, 2.45) is 5.41 Å². The van der Waals surface area contributed by atoms with Crippen LogP contribution in [0.2, 0.25) is 0 Å². The quantitative estimate of drug-likeness (QED) is 0.0758. The van der Waals surface area contributed by atoms with Gasteiger partial charge in [-0.25, -0.2) is 29.4 Å². The molecule has 76 heavy (non-hydrogen) atoms. The summed E-state index contributed by atoms with van der Waals surface area (Å²) in [5.74, 6) is 1.24. The first-order valence-corrected chi connectivity index (χ1v) is 25.8.